The predicted octanol–water partition coefficient (Wildman–Crippen LogP) is 1.82. The molecule has 5 nitrogen and oxygen atoms in total. The van der Waals surface area contributed by atoms with Gasteiger partial charge in [0.2, 0.25) is 5.88 Å². The Bertz CT molecular complexity index is 353. The van der Waals surface area contributed by atoms with E-state index in [0.717, 1.165) is 32.6 Å². The molecule has 0 aliphatic rings. The van der Waals surface area contributed by atoms with Crippen molar-refractivity contribution in [3.63, 3.8) is 0 Å². The van der Waals surface area contributed by atoms with Crippen LogP contribution < -0.4 is 15.8 Å². The van der Waals surface area contributed by atoms with Crippen molar-refractivity contribution in [1.82, 2.24) is 9.88 Å². The van der Waals surface area contributed by atoms with E-state index in [2.05, 4.69) is 29.0 Å². The predicted molar refractivity (Wildman–Crippen MR) is 76.1 cm³/mol. The first-order valence-electron chi connectivity index (χ1n) is 6.48. The van der Waals surface area contributed by atoms with Crippen molar-refractivity contribution in [1.29, 1.82) is 0 Å². The van der Waals surface area contributed by atoms with Crippen molar-refractivity contribution < 1.29 is 4.74 Å². The van der Waals surface area contributed by atoms with E-state index in [4.69, 9.17) is 10.5 Å². The fourth-order valence-electron chi connectivity index (χ4n) is 1.76. The summed E-state index contributed by atoms with van der Waals surface area (Å²) >= 11 is 0. The molecule has 0 unspecified atom stereocenters. The molecule has 0 bridgehead atoms. The van der Waals surface area contributed by atoms with E-state index in [1.807, 2.05) is 0 Å². The lowest BCUT2D eigenvalue weighted by atomic mass is 10.3. The molecule has 0 radical (unpaired) electrons. The number of hydrogen-bond acceptors (Lipinski definition) is 5. The average molecular weight is 252 g/mol. The molecule has 0 saturated heterocycles. The number of anilines is 2. The van der Waals surface area contributed by atoms with E-state index < -0.39 is 0 Å². The maximum absolute atomic E-state index is 5.85. The van der Waals surface area contributed by atoms with Gasteiger partial charge in [0.25, 0.3) is 0 Å². The Hall–Kier alpha value is -1.49. The third-order valence-corrected chi connectivity index (χ3v) is 2.95. The van der Waals surface area contributed by atoms with E-state index in [0.29, 0.717) is 17.4 Å². The van der Waals surface area contributed by atoms with Gasteiger partial charge in [-0.15, -0.1) is 0 Å². The maximum Gasteiger partial charge on any atom is 0.215 e. The lowest BCUT2D eigenvalue weighted by Crippen LogP contribution is -2.25. The third kappa shape index (κ3) is 4.41. The number of pyridine rings is 1. The van der Waals surface area contributed by atoms with Gasteiger partial charge in [0.05, 0.1) is 12.8 Å². The molecular formula is C13H24N4O. The van der Waals surface area contributed by atoms with Gasteiger partial charge in [-0.25, -0.2) is 0 Å². The molecule has 0 fully saturated rings. The van der Waals surface area contributed by atoms with E-state index in [-0.39, 0.29) is 0 Å². The molecule has 1 rings (SSSR count). The quantitative estimate of drug-likeness (QED) is 0.691. The van der Waals surface area contributed by atoms with Gasteiger partial charge in [0.15, 0.2) is 5.82 Å². The van der Waals surface area contributed by atoms with Crippen molar-refractivity contribution >= 4 is 11.5 Å². The van der Waals surface area contributed by atoms with Crippen molar-refractivity contribution in [3.05, 3.63) is 12.1 Å². The Kier molecular flexibility index (Phi) is 6.28. The Morgan fingerprint density at radius 3 is 2.67 bits per heavy atom. The Morgan fingerprint density at radius 1 is 1.33 bits per heavy atom. The summed E-state index contributed by atoms with van der Waals surface area (Å²) in [5.41, 5.74) is 6.50. The molecule has 0 aliphatic carbocycles. The average Bonchev–Trinajstić information content (AvgIpc) is 2.41. The number of nitrogens with zero attached hydrogens (tertiary/aromatic N) is 2. The minimum Gasteiger partial charge on any atom is -0.481 e. The van der Waals surface area contributed by atoms with Crippen LogP contribution >= 0.6 is 0 Å². The molecule has 0 spiro atoms. The fraction of sp³-hybridized carbons (Fsp3) is 0.615. The molecule has 0 saturated carbocycles. The second-order valence-corrected chi connectivity index (χ2v) is 4.10. The summed E-state index contributed by atoms with van der Waals surface area (Å²) in [6, 6.07) is 3.56. The van der Waals surface area contributed by atoms with Crippen LogP contribution in [-0.2, 0) is 0 Å². The third-order valence-electron chi connectivity index (χ3n) is 2.95. The number of hydrogen-bond donors (Lipinski definition) is 2. The standard InChI is InChI=1S/C13H24N4O/c1-4-17(5-2)10-6-9-15-13-11(14)7-8-12(16-13)18-3/h7-8H,4-6,9-10,14H2,1-3H3,(H,15,16). The van der Waals surface area contributed by atoms with Crippen LogP contribution in [-0.4, -0.2) is 43.2 Å². The summed E-state index contributed by atoms with van der Waals surface area (Å²) in [6.07, 6.45) is 1.07. The molecule has 5 heteroatoms. The van der Waals surface area contributed by atoms with Gasteiger partial charge in [0, 0.05) is 12.6 Å². The van der Waals surface area contributed by atoms with Gasteiger partial charge < -0.3 is 20.7 Å². The van der Waals surface area contributed by atoms with E-state index in [1.54, 1.807) is 19.2 Å². The number of rotatable bonds is 8. The highest BCUT2D eigenvalue weighted by Crippen LogP contribution is 2.19. The lowest BCUT2D eigenvalue weighted by molar-refractivity contribution is 0.303. The molecule has 0 aromatic carbocycles. The fourth-order valence-corrected chi connectivity index (χ4v) is 1.76. The minimum atomic E-state index is 0.579. The summed E-state index contributed by atoms with van der Waals surface area (Å²) in [5, 5.41) is 3.25. The number of nitrogen functional groups attached to an aromatic ring is 1. The van der Waals surface area contributed by atoms with Gasteiger partial charge in [-0.1, -0.05) is 13.8 Å². The molecule has 1 heterocycles. The van der Waals surface area contributed by atoms with Crippen molar-refractivity contribution in [3.8, 4) is 5.88 Å². The first-order valence-corrected chi connectivity index (χ1v) is 6.48. The molecule has 18 heavy (non-hydrogen) atoms. The van der Waals surface area contributed by atoms with Crippen LogP contribution in [0.15, 0.2) is 12.1 Å². The lowest BCUT2D eigenvalue weighted by Gasteiger charge is -2.18. The molecule has 1 aromatic rings. The largest absolute Gasteiger partial charge is 0.481 e. The highest BCUT2D eigenvalue weighted by Gasteiger charge is 2.03. The normalized spacial score (nSPS) is 10.7. The number of methoxy groups -OCH3 is 1. The topological polar surface area (TPSA) is 63.4 Å². The van der Waals surface area contributed by atoms with Gasteiger partial charge in [-0.05, 0) is 32.1 Å². The van der Waals surface area contributed by atoms with Gasteiger partial charge >= 0.3 is 0 Å². The van der Waals surface area contributed by atoms with Crippen LogP contribution in [0.1, 0.15) is 20.3 Å². The Labute approximate surface area is 109 Å². The van der Waals surface area contributed by atoms with E-state index >= 15 is 0 Å². The van der Waals surface area contributed by atoms with Gasteiger partial charge in [0.1, 0.15) is 0 Å². The van der Waals surface area contributed by atoms with Crippen LogP contribution in [0, 0.1) is 0 Å². The smallest absolute Gasteiger partial charge is 0.215 e. The summed E-state index contributed by atoms with van der Waals surface area (Å²) < 4.78 is 5.07. The number of nitrogens with one attached hydrogen (secondary N) is 1. The van der Waals surface area contributed by atoms with Crippen molar-refractivity contribution in [2.24, 2.45) is 0 Å². The van der Waals surface area contributed by atoms with E-state index in [9.17, 15) is 0 Å². The summed E-state index contributed by atoms with van der Waals surface area (Å²) in [5.74, 6) is 1.28. The van der Waals surface area contributed by atoms with Crippen molar-refractivity contribution in [2.75, 3.05) is 44.3 Å². The number of aromatic nitrogens is 1. The molecule has 0 atom stereocenters. The second kappa shape index (κ2) is 7.76. The Morgan fingerprint density at radius 2 is 2.06 bits per heavy atom. The van der Waals surface area contributed by atoms with E-state index in [1.165, 1.54) is 0 Å². The minimum absolute atomic E-state index is 0.579. The van der Waals surface area contributed by atoms with Crippen LogP contribution in [0.3, 0.4) is 0 Å². The highest BCUT2D eigenvalue weighted by molar-refractivity contribution is 5.61. The summed E-state index contributed by atoms with van der Waals surface area (Å²) in [7, 11) is 1.60. The van der Waals surface area contributed by atoms with Gasteiger partial charge in [-0.3, -0.25) is 0 Å². The van der Waals surface area contributed by atoms with Crippen LogP contribution in [0.25, 0.3) is 0 Å². The molecule has 102 valence electrons. The zero-order valence-electron chi connectivity index (χ0n) is 11.6. The monoisotopic (exact) mass is 252 g/mol. The zero-order chi connectivity index (χ0) is 13.4. The molecular weight excluding hydrogens is 228 g/mol. The summed E-state index contributed by atoms with van der Waals surface area (Å²) in [4.78, 5) is 6.67. The first kappa shape index (κ1) is 14.6. The second-order valence-electron chi connectivity index (χ2n) is 4.10. The number of nitrogens with two attached hydrogens (primary N) is 1. The Balaban J connectivity index is 2.39. The SMILES string of the molecule is CCN(CC)CCCNc1nc(OC)ccc1N. The summed E-state index contributed by atoms with van der Waals surface area (Å²) in [6.45, 7) is 8.49. The van der Waals surface area contributed by atoms with Crippen LogP contribution in [0.5, 0.6) is 5.88 Å². The van der Waals surface area contributed by atoms with Crippen LogP contribution in [0.2, 0.25) is 0 Å². The van der Waals surface area contributed by atoms with Crippen LogP contribution in [0.4, 0.5) is 11.5 Å². The molecule has 3 N–H and O–H groups in total. The first-order chi connectivity index (χ1) is 8.71. The molecule has 0 amide bonds. The molecule has 0 aliphatic heterocycles. The highest BCUT2D eigenvalue weighted by atomic mass is 16.5. The molecule has 1 aromatic heterocycles. The van der Waals surface area contributed by atoms with Crippen molar-refractivity contribution in [2.45, 2.75) is 20.3 Å². The zero-order valence-corrected chi connectivity index (χ0v) is 11.6. The maximum atomic E-state index is 5.85. The van der Waals surface area contributed by atoms with Gasteiger partial charge in [-0.2, -0.15) is 4.98 Å². The number of ether oxygens (including phenoxy) is 1.